The topological polar surface area (TPSA) is 38.9 Å². The van der Waals surface area contributed by atoms with Crippen LogP contribution in [0.2, 0.25) is 0 Å². The van der Waals surface area contributed by atoms with Crippen molar-refractivity contribution in [3.05, 3.63) is 182 Å². The van der Waals surface area contributed by atoms with Crippen LogP contribution in [-0.2, 0) is 0 Å². The van der Waals surface area contributed by atoms with Crippen molar-refractivity contribution >= 4 is 43.5 Å². The molecular weight excluding hydrogens is 621 g/mol. The van der Waals surface area contributed by atoms with E-state index in [1.807, 2.05) is 36.4 Å². The molecule has 0 aliphatic carbocycles. The zero-order valence-electron chi connectivity index (χ0n) is 27.6. The Kier molecular flexibility index (Phi) is 6.81. The molecule has 2 heterocycles. The summed E-state index contributed by atoms with van der Waals surface area (Å²) in [6.07, 6.45) is 0. The second kappa shape index (κ2) is 11.9. The molecule has 3 nitrogen and oxygen atoms in total. The predicted molar refractivity (Wildman–Crippen MR) is 212 cm³/mol. The van der Waals surface area contributed by atoms with Gasteiger partial charge in [-0.05, 0) is 62.7 Å². The summed E-state index contributed by atoms with van der Waals surface area (Å²) in [6.45, 7) is 0. The number of nitrogens with zero attached hydrogens (tertiary/aromatic N) is 2. The fourth-order valence-electron chi connectivity index (χ4n) is 7.36. The first-order valence-electron chi connectivity index (χ1n) is 17.2. The van der Waals surface area contributed by atoms with Crippen LogP contribution in [0.4, 0.5) is 0 Å². The van der Waals surface area contributed by atoms with Gasteiger partial charge in [-0.1, -0.05) is 158 Å². The zero-order valence-corrected chi connectivity index (χ0v) is 27.6. The van der Waals surface area contributed by atoms with Crippen molar-refractivity contribution < 1.29 is 4.42 Å². The molecule has 0 saturated heterocycles. The summed E-state index contributed by atoms with van der Waals surface area (Å²) in [5, 5.41) is 7.03. The number of hydrogen-bond acceptors (Lipinski definition) is 3. The van der Waals surface area contributed by atoms with Gasteiger partial charge in [0.25, 0.3) is 0 Å². The Balaban J connectivity index is 1.06. The minimum atomic E-state index is 0.711. The van der Waals surface area contributed by atoms with Gasteiger partial charge in [0, 0.05) is 32.8 Å². The molecule has 3 heteroatoms. The molecule has 51 heavy (non-hydrogen) atoms. The van der Waals surface area contributed by atoms with Gasteiger partial charge in [-0.25, -0.2) is 9.97 Å². The Morgan fingerprint density at radius 2 is 0.922 bits per heavy atom. The average Bonchev–Trinajstić information content (AvgIpc) is 3.59. The fraction of sp³-hybridized carbons (Fsp3) is 0. The Morgan fingerprint density at radius 3 is 1.69 bits per heavy atom. The maximum Gasteiger partial charge on any atom is 0.160 e. The molecule has 0 atom stereocenters. The lowest BCUT2D eigenvalue weighted by molar-refractivity contribution is 0.673. The fourth-order valence-corrected chi connectivity index (χ4v) is 7.36. The van der Waals surface area contributed by atoms with E-state index in [0.717, 1.165) is 66.5 Å². The molecule has 238 valence electrons. The van der Waals surface area contributed by atoms with Crippen LogP contribution in [-0.4, -0.2) is 9.97 Å². The lowest BCUT2D eigenvalue weighted by Gasteiger charge is -2.11. The number of furan rings is 1. The molecule has 0 aliphatic heterocycles. The van der Waals surface area contributed by atoms with E-state index in [4.69, 9.17) is 14.4 Å². The third-order valence-electron chi connectivity index (χ3n) is 9.90. The Labute approximate surface area is 295 Å². The van der Waals surface area contributed by atoms with Gasteiger partial charge in [-0.3, -0.25) is 0 Å². The Morgan fingerprint density at radius 1 is 0.333 bits per heavy atom. The van der Waals surface area contributed by atoms with Crippen molar-refractivity contribution in [2.75, 3.05) is 0 Å². The summed E-state index contributed by atoms with van der Waals surface area (Å²) >= 11 is 0. The largest absolute Gasteiger partial charge is 0.455 e. The number of benzene rings is 8. The highest BCUT2D eigenvalue weighted by molar-refractivity contribution is 6.20. The van der Waals surface area contributed by atoms with Crippen LogP contribution >= 0.6 is 0 Å². The number of aromatic nitrogens is 2. The van der Waals surface area contributed by atoms with E-state index >= 15 is 0 Å². The maximum atomic E-state index is 6.69. The number of hydrogen-bond donors (Lipinski definition) is 0. The van der Waals surface area contributed by atoms with Gasteiger partial charge < -0.3 is 4.42 Å². The van der Waals surface area contributed by atoms with Crippen LogP contribution in [0.5, 0.6) is 0 Å². The van der Waals surface area contributed by atoms with Gasteiger partial charge in [0.15, 0.2) is 5.82 Å². The van der Waals surface area contributed by atoms with Gasteiger partial charge in [-0.15, -0.1) is 0 Å². The lowest BCUT2D eigenvalue weighted by atomic mass is 9.92. The highest BCUT2D eigenvalue weighted by Gasteiger charge is 2.17. The van der Waals surface area contributed by atoms with Crippen LogP contribution in [0.1, 0.15) is 0 Å². The Hall–Kier alpha value is -6.84. The summed E-state index contributed by atoms with van der Waals surface area (Å²) in [7, 11) is 0. The van der Waals surface area contributed by atoms with Gasteiger partial charge in [-0.2, -0.15) is 0 Å². The Bertz CT molecular complexity index is 2830. The molecule has 0 amide bonds. The van der Waals surface area contributed by atoms with Crippen molar-refractivity contribution in [2.45, 2.75) is 0 Å². The number of fused-ring (bicyclic) bond motifs is 6. The average molecular weight is 651 g/mol. The second-order valence-corrected chi connectivity index (χ2v) is 13.0. The van der Waals surface area contributed by atoms with Crippen molar-refractivity contribution in [3.63, 3.8) is 0 Å². The summed E-state index contributed by atoms with van der Waals surface area (Å²) in [5.41, 5.74) is 11.3. The van der Waals surface area contributed by atoms with Gasteiger partial charge in [0.1, 0.15) is 11.2 Å². The summed E-state index contributed by atoms with van der Waals surface area (Å²) in [5.74, 6) is 0.711. The third-order valence-corrected chi connectivity index (χ3v) is 9.90. The molecule has 0 saturated carbocycles. The van der Waals surface area contributed by atoms with Crippen molar-refractivity contribution in [2.24, 2.45) is 0 Å². The predicted octanol–water partition coefficient (Wildman–Crippen LogP) is 13.0. The highest BCUT2D eigenvalue weighted by Crippen LogP contribution is 2.42. The smallest absolute Gasteiger partial charge is 0.160 e. The van der Waals surface area contributed by atoms with Gasteiger partial charge >= 0.3 is 0 Å². The molecule has 8 aromatic carbocycles. The molecular formula is C48H30N2O. The van der Waals surface area contributed by atoms with Crippen molar-refractivity contribution in [1.29, 1.82) is 0 Å². The van der Waals surface area contributed by atoms with E-state index in [-0.39, 0.29) is 0 Å². The first-order valence-corrected chi connectivity index (χ1v) is 17.2. The molecule has 0 aliphatic rings. The molecule has 0 unspecified atom stereocenters. The van der Waals surface area contributed by atoms with Crippen LogP contribution < -0.4 is 0 Å². The molecule has 0 N–H and O–H groups in total. The van der Waals surface area contributed by atoms with Crippen LogP contribution in [0, 0.1) is 0 Å². The molecule has 0 radical (unpaired) electrons. The standard InChI is InChI=1S/C48H30N2O/c1-3-13-33(14-4-1)44-30-45(50-48(49-44)35-15-5-2-6-16-35)34-24-22-31(23-25-34)36-26-27-40-43-29-42(38-21-11-17-32-12-7-8-18-37(32)38)39-19-9-10-20-41(39)47(43)51-46(40)28-36/h1-30H. The number of rotatable bonds is 5. The normalized spacial score (nSPS) is 11.5. The third kappa shape index (κ3) is 5.06. The summed E-state index contributed by atoms with van der Waals surface area (Å²) in [4.78, 5) is 9.96. The van der Waals surface area contributed by atoms with E-state index in [0.29, 0.717) is 5.82 Å². The summed E-state index contributed by atoms with van der Waals surface area (Å²) in [6, 6.07) is 63.8. The van der Waals surface area contributed by atoms with Gasteiger partial charge in [0.05, 0.1) is 11.4 Å². The molecule has 0 spiro atoms. The van der Waals surface area contributed by atoms with E-state index in [9.17, 15) is 0 Å². The molecule has 10 aromatic rings. The quantitative estimate of drug-likeness (QED) is 0.186. The molecule has 10 rings (SSSR count). The zero-order chi connectivity index (χ0) is 33.7. The van der Waals surface area contributed by atoms with Crippen molar-refractivity contribution in [1.82, 2.24) is 9.97 Å². The van der Waals surface area contributed by atoms with Crippen molar-refractivity contribution in [3.8, 4) is 56.2 Å². The first-order chi connectivity index (χ1) is 25.3. The minimum Gasteiger partial charge on any atom is -0.455 e. The van der Waals surface area contributed by atoms with Crippen LogP contribution in [0.15, 0.2) is 186 Å². The summed E-state index contributed by atoms with van der Waals surface area (Å²) < 4.78 is 6.69. The lowest BCUT2D eigenvalue weighted by Crippen LogP contribution is -1.95. The van der Waals surface area contributed by atoms with E-state index in [2.05, 4.69) is 146 Å². The van der Waals surface area contributed by atoms with E-state index in [1.165, 1.54) is 27.3 Å². The molecule has 0 fully saturated rings. The molecule has 2 aromatic heterocycles. The van der Waals surface area contributed by atoms with Crippen LogP contribution in [0.3, 0.4) is 0 Å². The minimum absolute atomic E-state index is 0.711. The molecule has 0 bridgehead atoms. The van der Waals surface area contributed by atoms with E-state index in [1.54, 1.807) is 0 Å². The highest BCUT2D eigenvalue weighted by atomic mass is 16.3. The maximum absolute atomic E-state index is 6.69. The first kappa shape index (κ1) is 29.1. The second-order valence-electron chi connectivity index (χ2n) is 13.0. The van der Waals surface area contributed by atoms with Gasteiger partial charge in [0.2, 0.25) is 0 Å². The monoisotopic (exact) mass is 650 g/mol. The van der Waals surface area contributed by atoms with E-state index < -0.39 is 0 Å². The SMILES string of the molecule is c1ccc(-c2cc(-c3ccc(-c4ccc5c(c4)oc4c6ccccc6c(-c6cccc7ccccc67)cc54)cc3)nc(-c3ccccc3)n2)cc1. The van der Waals surface area contributed by atoms with Crippen LogP contribution in [0.25, 0.3) is 99.6 Å².